The van der Waals surface area contributed by atoms with Crippen molar-refractivity contribution >= 4 is 0 Å². The van der Waals surface area contributed by atoms with Gasteiger partial charge in [0.2, 0.25) is 0 Å². The third-order valence-corrected chi connectivity index (χ3v) is 1.72. The van der Waals surface area contributed by atoms with Crippen molar-refractivity contribution in [3.05, 3.63) is 0 Å². The molecule has 0 spiro atoms. The predicted molar refractivity (Wildman–Crippen MR) is 32.4 cm³/mol. The largest absolute Gasteiger partial charge is 0.378 e. The molecule has 1 rings (SSSR count). The Bertz CT molecular complexity index is 74.6. The van der Waals surface area contributed by atoms with E-state index >= 15 is 0 Å². The summed E-state index contributed by atoms with van der Waals surface area (Å²) in [5.74, 6) is 0.435. The molecule has 1 aliphatic heterocycles. The molecule has 8 heavy (non-hydrogen) atoms. The van der Waals surface area contributed by atoms with E-state index in [9.17, 15) is 0 Å². The number of nitrogens with one attached hydrogen (secondary N) is 1. The fourth-order valence-corrected chi connectivity index (χ4v) is 1.21. The minimum Gasteiger partial charge on any atom is -0.378 e. The van der Waals surface area contributed by atoms with E-state index in [1.54, 1.807) is 0 Å². The Morgan fingerprint density at radius 2 is 2.12 bits per heavy atom. The van der Waals surface area contributed by atoms with Gasteiger partial charge in [0.1, 0.15) is 6.23 Å². The summed E-state index contributed by atoms with van der Waals surface area (Å²) >= 11 is 0. The highest BCUT2D eigenvalue weighted by Gasteiger charge is 2.24. The quantitative estimate of drug-likeness (QED) is 0.476. The van der Waals surface area contributed by atoms with Gasteiger partial charge in [0.15, 0.2) is 0 Å². The van der Waals surface area contributed by atoms with Crippen LogP contribution in [0.1, 0.15) is 20.3 Å². The lowest BCUT2D eigenvalue weighted by Crippen LogP contribution is -2.28. The van der Waals surface area contributed by atoms with E-state index in [1.165, 1.54) is 0 Å². The van der Waals surface area contributed by atoms with Crippen molar-refractivity contribution in [3.63, 3.8) is 0 Å². The van der Waals surface area contributed by atoms with Crippen molar-refractivity contribution in [3.8, 4) is 0 Å². The summed E-state index contributed by atoms with van der Waals surface area (Å²) in [5.41, 5.74) is 0. The Morgan fingerprint density at radius 3 is 2.25 bits per heavy atom. The highest BCUT2D eigenvalue weighted by molar-refractivity contribution is 4.78. The van der Waals surface area contributed by atoms with Gasteiger partial charge in [0.25, 0.3) is 0 Å². The molecule has 0 radical (unpaired) electrons. The fraction of sp³-hybridized carbons (Fsp3) is 1.00. The summed E-state index contributed by atoms with van der Waals surface area (Å²) in [6.45, 7) is 4.15. The third-order valence-electron chi connectivity index (χ3n) is 1.72. The molecule has 2 heteroatoms. The van der Waals surface area contributed by atoms with Gasteiger partial charge in [-0.1, -0.05) is 6.92 Å². The van der Waals surface area contributed by atoms with Gasteiger partial charge >= 0.3 is 0 Å². The van der Waals surface area contributed by atoms with Gasteiger partial charge in [0.05, 0.1) is 0 Å². The van der Waals surface area contributed by atoms with Crippen molar-refractivity contribution in [2.75, 3.05) is 0 Å². The Kier molecular flexibility index (Phi) is 1.54. The van der Waals surface area contributed by atoms with Crippen LogP contribution >= 0.6 is 0 Å². The maximum atomic E-state index is 9.06. The topological polar surface area (TPSA) is 32.3 Å². The van der Waals surface area contributed by atoms with Crippen molar-refractivity contribution < 1.29 is 5.11 Å². The van der Waals surface area contributed by atoms with E-state index in [2.05, 4.69) is 19.2 Å². The van der Waals surface area contributed by atoms with Crippen LogP contribution in [0.5, 0.6) is 0 Å². The highest BCUT2D eigenvalue weighted by atomic mass is 16.3. The highest BCUT2D eigenvalue weighted by Crippen LogP contribution is 2.16. The molecule has 1 fully saturated rings. The second-order valence-electron chi connectivity index (χ2n) is 2.73. The van der Waals surface area contributed by atoms with Crippen LogP contribution in [0.2, 0.25) is 0 Å². The van der Waals surface area contributed by atoms with Crippen molar-refractivity contribution in [2.24, 2.45) is 5.92 Å². The van der Waals surface area contributed by atoms with E-state index in [1.807, 2.05) is 0 Å². The molecule has 1 heterocycles. The first-order valence-corrected chi connectivity index (χ1v) is 3.14. The average molecular weight is 115 g/mol. The van der Waals surface area contributed by atoms with Crippen molar-refractivity contribution in [1.29, 1.82) is 0 Å². The van der Waals surface area contributed by atoms with Gasteiger partial charge in [-0.3, -0.25) is 5.32 Å². The first kappa shape index (κ1) is 6.05. The van der Waals surface area contributed by atoms with Crippen LogP contribution in [0.15, 0.2) is 0 Å². The molecule has 1 aliphatic rings. The SMILES string of the molecule is CC1CC(C)C(O)N1. The second-order valence-corrected chi connectivity index (χ2v) is 2.73. The summed E-state index contributed by atoms with van der Waals surface area (Å²) < 4.78 is 0. The number of aliphatic hydroxyl groups is 1. The first-order valence-electron chi connectivity index (χ1n) is 3.14. The summed E-state index contributed by atoms with van der Waals surface area (Å²) in [5, 5.41) is 12.1. The molecule has 3 atom stereocenters. The predicted octanol–water partition coefficient (Wildman–Crippen LogP) is 0.323. The van der Waals surface area contributed by atoms with Gasteiger partial charge in [-0.2, -0.15) is 0 Å². The third kappa shape index (κ3) is 1.01. The van der Waals surface area contributed by atoms with Crippen LogP contribution in [-0.2, 0) is 0 Å². The van der Waals surface area contributed by atoms with Crippen LogP contribution in [-0.4, -0.2) is 17.4 Å². The minimum absolute atomic E-state index is 0.259. The van der Waals surface area contributed by atoms with E-state index < -0.39 is 0 Å². The zero-order valence-electron chi connectivity index (χ0n) is 5.39. The van der Waals surface area contributed by atoms with Gasteiger partial charge in [-0.05, 0) is 19.3 Å². The Hall–Kier alpha value is -0.0800. The number of hydrogen-bond acceptors (Lipinski definition) is 2. The Balaban J connectivity index is 2.39. The average Bonchev–Trinajstić information content (AvgIpc) is 1.85. The van der Waals surface area contributed by atoms with Crippen molar-refractivity contribution in [2.45, 2.75) is 32.5 Å². The maximum absolute atomic E-state index is 9.06. The van der Waals surface area contributed by atoms with Crippen LogP contribution in [0.3, 0.4) is 0 Å². The summed E-state index contributed by atoms with van der Waals surface area (Å²) in [6, 6.07) is 0.500. The lowest BCUT2D eigenvalue weighted by atomic mass is 10.1. The van der Waals surface area contributed by atoms with Crippen molar-refractivity contribution in [1.82, 2.24) is 5.32 Å². The zero-order valence-corrected chi connectivity index (χ0v) is 5.39. The molecule has 0 saturated carbocycles. The van der Waals surface area contributed by atoms with Crippen LogP contribution < -0.4 is 5.32 Å². The fourth-order valence-electron chi connectivity index (χ4n) is 1.21. The molecular formula is C6H13NO. The van der Waals surface area contributed by atoms with Gasteiger partial charge in [0, 0.05) is 6.04 Å². The lowest BCUT2D eigenvalue weighted by molar-refractivity contribution is 0.118. The van der Waals surface area contributed by atoms with Gasteiger partial charge in [-0.15, -0.1) is 0 Å². The normalized spacial score (nSPS) is 47.6. The van der Waals surface area contributed by atoms with Gasteiger partial charge < -0.3 is 5.11 Å². The lowest BCUT2D eigenvalue weighted by Gasteiger charge is -2.05. The van der Waals surface area contributed by atoms with Gasteiger partial charge in [-0.25, -0.2) is 0 Å². The van der Waals surface area contributed by atoms with E-state index in [0.29, 0.717) is 12.0 Å². The molecule has 2 N–H and O–H groups in total. The first-order chi connectivity index (χ1) is 3.70. The molecule has 2 nitrogen and oxygen atoms in total. The van der Waals surface area contributed by atoms with Crippen LogP contribution in [0, 0.1) is 5.92 Å². The molecule has 0 aromatic rings. The molecule has 0 bridgehead atoms. The van der Waals surface area contributed by atoms with E-state index in [-0.39, 0.29) is 6.23 Å². The summed E-state index contributed by atoms with van der Waals surface area (Å²) in [4.78, 5) is 0. The monoisotopic (exact) mass is 115 g/mol. The molecule has 0 amide bonds. The smallest absolute Gasteiger partial charge is 0.107 e. The number of aliphatic hydroxyl groups excluding tert-OH is 1. The molecule has 1 saturated heterocycles. The molecule has 0 aromatic carbocycles. The number of rotatable bonds is 0. The molecule has 3 unspecified atom stereocenters. The molecule has 0 aromatic heterocycles. The second kappa shape index (κ2) is 2.03. The molecular weight excluding hydrogens is 102 g/mol. The molecule has 0 aliphatic carbocycles. The zero-order chi connectivity index (χ0) is 6.15. The van der Waals surface area contributed by atoms with E-state index in [4.69, 9.17) is 5.11 Å². The number of hydrogen-bond donors (Lipinski definition) is 2. The van der Waals surface area contributed by atoms with E-state index in [0.717, 1.165) is 6.42 Å². The summed E-state index contributed by atoms with van der Waals surface area (Å²) in [6.07, 6.45) is 0.839. The van der Waals surface area contributed by atoms with Crippen LogP contribution in [0.25, 0.3) is 0 Å². The Morgan fingerprint density at radius 1 is 1.50 bits per heavy atom. The Labute approximate surface area is 49.9 Å². The van der Waals surface area contributed by atoms with Crippen LogP contribution in [0.4, 0.5) is 0 Å². The standard InChI is InChI=1S/C6H13NO/c1-4-3-5(2)7-6(4)8/h4-8H,3H2,1-2H3. The summed E-state index contributed by atoms with van der Waals surface area (Å²) in [7, 11) is 0. The maximum Gasteiger partial charge on any atom is 0.107 e. The molecule has 48 valence electrons. The minimum atomic E-state index is -0.259.